The number of nitrogens with one attached hydrogen (secondary N) is 1. The number of carbonyl (C=O) groups is 2. The third-order valence-electron chi connectivity index (χ3n) is 3.63. The van der Waals surface area contributed by atoms with Crippen LogP contribution in [0.5, 0.6) is 0 Å². The number of carboxylic acid groups (broad SMARTS) is 1. The number of hydrogen-bond donors (Lipinski definition) is 2. The topological polar surface area (TPSA) is 69.6 Å². The Balaban J connectivity index is 4.58. The van der Waals surface area contributed by atoms with E-state index in [1.54, 1.807) is 18.7 Å². The molecule has 0 saturated carbocycles. The number of carboxylic acids is 1. The Hall–Kier alpha value is -1.26. The highest BCUT2D eigenvalue weighted by atomic mass is 16.4. The minimum atomic E-state index is -0.892. The van der Waals surface area contributed by atoms with Crippen LogP contribution in [0.1, 0.15) is 53.9 Å². The van der Waals surface area contributed by atoms with E-state index in [2.05, 4.69) is 12.2 Å². The van der Waals surface area contributed by atoms with E-state index in [1.165, 1.54) is 0 Å². The van der Waals surface area contributed by atoms with Crippen molar-refractivity contribution in [2.24, 2.45) is 5.92 Å². The molecule has 0 bridgehead atoms. The molecular formula is C14H28N2O3. The van der Waals surface area contributed by atoms with Crippen molar-refractivity contribution in [1.29, 1.82) is 0 Å². The minimum absolute atomic E-state index is 0.164. The summed E-state index contributed by atoms with van der Waals surface area (Å²) in [4.78, 5) is 24.9. The molecule has 19 heavy (non-hydrogen) atoms. The molecule has 0 radical (unpaired) electrons. The average Bonchev–Trinajstić information content (AvgIpc) is 2.37. The molecule has 0 aliphatic carbocycles. The normalized spacial score (nSPS) is 15.4. The molecule has 3 unspecified atom stereocenters. The molecule has 3 atom stereocenters. The van der Waals surface area contributed by atoms with Gasteiger partial charge in [0.2, 0.25) is 0 Å². The molecule has 0 aromatic heterocycles. The van der Waals surface area contributed by atoms with E-state index in [1.807, 2.05) is 13.8 Å². The summed E-state index contributed by atoms with van der Waals surface area (Å²) in [5.74, 6) is -1.48. The van der Waals surface area contributed by atoms with Gasteiger partial charge in [-0.3, -0.25) is 4.79 Å². The molecule has 0 aromatic carbocycles. The predicted octanol–water partition coefficient (Wildman–Crippen LogP) is 2.71. The van der Waals surface area contributed by atoms with Crippen molar-refractivity contribution in [3.05, 3.63) is 0 Å². The van der Waals surface area contributed by atoms with Crippen LogP contribution in [0.2, 0.25) is 0 Å². The van der Waals surface area contributed by atoms with Gasteiger partial charge in [0, 0.05) is 18.6 Å². The molecule has 0 saturated heterocycles. The van der Waals surface area contributed by atoms with E-state index in [0.29, 0.717) is 6.54 Å². The monoisotopic (exact) mass is 272 g/mol. The van der Waals surface area contributed by atoms with Crippen molar-refractivity contribution in [3.63, 3.8) is 0 Å². The fraction of sp³-hybridized carbons (Fsp3) is 0.857. The van der Waals surface area contributed by atoms with Gasteiger partial charge in [-0.25, -0.2) is 4.79 Å². The van der Waals surface area contributed by atoms with Crippen molar-refractivity contribution in [2.75, 3.05) is 6.54 Å². The molecule has 0 aliphatic heterocycles. The first-order valence-electron chi connectivity index (χ1n) is 7.15. The van der Waals surface area contributed by atoms with Gasteiger partial charge in [0.1, 0.15) is 0 Å². The summed E-state index contributed by atoms with van der Waals surface area (Å²) in [6.45, 7) is 10.2. The molecule has 0 heterocycles. The van der Waals surface area contributed by atoms with Crippen LogP contribution in [0.3, 0.4) is 0 Å². The summed E-state index contributed by atoms with van der Waals surface area (Å²) in [5.41, 5.74) is 0. The maximum absolute atomic E-state index is 12.2. The van der Waals surface area contributed by atoms with E-state index in [-0.39, 0.29) is 18.1 Å². The second-order valence-corrected chi connectivity index (χ2v) is 5.17. The highest BCUT2D eigenvalue weighted by molar-refractivity contribution is 5.76. The third kappa shape index (κ3) is 5.94. The number of unbranched alkanes of at least 4 members (excludes halogenated alkanes) is 1. The van der Waals surface area contributed by atoms with E-state index in [0.717, 1.165) is 19.3 Å². The molecular weight excluding hydrogens is 244 g/mol. The molecule has 0 fully saturated rings. The van der Waals surface area contributed by atoms with Gasteiger partial charge in [0.15, 0.2) is 0 Å². The minimum Gasteiger partial charge on any atom is -0.481 e. The predicted molar refractivity (Wildman–Crippen MR) is 76.2 cm³/mol. The van der Waals surface area contributed by atoms with Crippen molar-refractivity contribution >= 4 is 12.0 Å². The lowest BCUT2D eigenvalue weighted by molar-refractivity contribution is -0.141. The summed E-state index contributed by atoms with van der Waals surface area (Å²) in [6, 6.07) is -0.375. The second-order valence-electron chi connectivity index (χ2n) is 5.17. The number of amides is 2. The number of hydrogen-bond acceptors (Lipinski definition) is 2. The zero-order valence-corrected chi connectivity index (χ0v) is 12.8. The number of nitrogens with zero attached hydrogens (tertiary/aromatic N) is 1. The van der Waals surface area contributed by atoms with Gasteiger partial charge in [-0.2, -0.15) is 0 Å². The first-order chi connectivity index (χ1) is 8.84. The summed E-state index contributed by atoms with van der Waals surface area (Å²) in [5, 5.41) is 11.7. The van der Waals surface area contributed by atoms with Crippen LogP contribution in [0.25, 0.3) is 0 Å². The standard InChI is InChI=1S/C14H28N2O3/c1-6-8-9-16(10(3)7-2)14(19)15-12(5)11(4)13(17)18/h10-12H,6-9H2,1-5H3,(H,15,19)(H,17,18). The van der Waals surface area contributed by atoms with Crippen molar-refractivity contribution in [2.45, 2.75) is 66.0 Å². The highest BCUT2D eigenvalue weighted by Gasteiger charge is 2.24. The molecule has 5 nitrogen and oxygen atoms in total. The number of urea groups is 1. The van der Waals surface area contributed by atoms with Gasteiger partial charge < -0.3 is 15.3 Å². The highest BCUT2D eigenvalue weighted by Crippen LogP contribution is 2.09. The first-order valence-corrected chi connectivity index (χ1v) is 7.15. The Morgan fingerprint density at radius 2 is 1.79 bits per heavy atom. The smallest absolute Gasteiger partial charge is 0.317 e. The molecule has 0 aliphatic rings. The van der Waals surface area contributed by atoms with Crippen molar-refractivity contribution in [1.82, 2.24) is 10.2 Å². The Morgan fingerprint density at radius 3 is 2.21 bits per heavy atom. The van der Waals surface area contributed by atoms with E-state index < -0.39 is 11.9 Å². The maximum atomic E-state index is 12.2. The van der Waals surface area contributed by atoms with Crippen LogP contribution < -0.4 is 5.32 Å². The lowest BCUT2D eigenvalue weighted by Crippen LogP contribution is -2.50. The van der Waals surface area contributed by atoms with Crippen LogP contribution in [0.15, 0.2) is 0 Å². The lowest BCUT2D eigenvalue weighted by Gasteiger charge is -2.31. The van der Waals surface area contributed by atoms with Crippen LogP contribution in [0, 0.1) is 5.92 Å². The Kier molecular flexibility index (Phi) is 8.19. The van der Waals surface area contributed by atoms with Gasteiger partial charge in [0.25, 0.3) is 0 Å². The Bertz CT molecular complexity index is 294. The average molecular weight is 272 g/mol. The Labute approximate surface area is 116 Å². The molecule has 2 amide bonds. The number of carbonyl (C=O) groups excluding carboxylic acids is 1. The SMILES string of the molecule is CCCCN(C(=O)NC(C)C(C)C(=O)O)C(C)CC. The first kappa shape index (κ1) is 17.7. The van der Waals surface area contributed by atoms with Crippen molar-refractivity contribution < 1.29 is 14.7 Å². The van der Waals surface area contributed by atoms with E-state index >= 15 is 0 Å². The van der Waals surface area contributed by atoms with Crippen LogP contribution in [-0.4, -0.2) is 40.6 Å². The Morgan fingerprint density at radius 1 is 1.21 bits per heavy atom. The van der Waals surface area contributed by atoms with Gasteiger partial charge >= 0.3 is 12.0 Å². The second kappa shape index (κ2) is 8.77. The van der Waals surface area contributed by atoms with Gasteiger partial charge in [-0.05, 0) is 33.6 Å². The largest absolute Gasteiger partial charge is 0.481 e. The van der Waals surface area contributed by atoms with Crippen LogP contribution in [-0.2, 0) is 4.79 Å². The van der Waals surface area contributed by atoms with Crippen molar-refractivity contribution in [3.8, 4) is 0 Å². The number of rotatable bonds is 8. The molecule has 0 spiro atoms. The van der Waals surface area contributed by atoms with Gasteiger partial charge in [0.05, 0.1) is 5.92 Å². The summed E-state index contributed by atoms with van der Waals surface area (Å²) in [7, 11) is 0. The quantitative estimate of drug-likeness (QED) is 0.713. The van der Waals surface area contributed by atoms with Gasteiger partial charge in [-0.15, -0.1) is 0 Å². The van der Waals surface area contributed by atoms with Crippen LogP contribution in [0.4, 0.5) is 4.79 Å². The van der Waals surface area contributed by atoms with Crippen LogP contribution >= 0.6 is 0 Å². The number of aliphatic carboxylic acids is 1. The lowest BCUT2D eigenvalue weighted by atomic mass is 10.0. The molecule has 0 aromatic rings. The zero-order chi connectivity index (χ0) is 15.0. The summed E-state index contributed by atoms with van der Waals surface area (Å²) >= 11 is 0. The molecule has 112 valence electrons. The zero-order valence-electron chi connectivity index (χ0n) is 12.8. The van der Waals surface area contributed by atoms with E-state index in [9.17, 15) is 9.59 Å². The summed E-state index contributed by atoms with van der Waals surface area (Å²) in [6.07, 6.45) is 2.88. The van der Waals surface area contributed by atoms with E-state index in [4.69, 9.17) is 5.11 Å². The summed E-state index contributed by atoms with van der Waals surface area (Å²) < 4.78 is 0. The fourth-order valence-electron chi connectivity index (χ4n) is 1.69. The molecule has 0 rings (SSSR count). The maximum Gasteiger partial charge on any atom is 0.317 e. The third-order valence-corrected chi connectivity index (χ3v) is 3.63. The molecule has 2 N–H and O–H groups in total. The fourth-order valence-corrected chi connectivity index (χ4v) is 1.69. The van der Waals surface area contributed by atoms with Gasteiger partial charge in [-0.1, -0.05) is 20.3 Å². The molecule has 5 heteroatoms.